The van der Waals surface area contributed by atoms with E-state index in [0.29, 0.717) is 5.41 Å². The van der Waals surface area contributed by atoms with Crippen molar-refractivity contribution >= 4 is 0 Å². The van der Waals surface area contributed by atoms with Crippen LogP contribution in [-0.2, 0) is 4.74 Å². The summed E-state index contributed by atoms with van der Waals surface area (Å²) in [6, 6.07) is 0. The summed E-state index contributed by atoms with van der Waals surface area (Å²) in [6.45, 7) is 7.33. The Morgan fingerprint density at radius 2 is 2.00 bits per heavy atom. The van der Waals surface area contributed by atoms with Crippen LogP contribution in [0.1, 0.15) is 39.5 Å². The largest absolute Gasteiger partial charge is 0.381 e. The highest BCUT2D eigenvalue weighted by Gasteiger charge is 2.35. The van der Waals surface area contributed by atoms with E-state index in [0.717, 1.165) is 25.7 Å². The third-order valence-electron chi connectivity index (χ3n) is 3.79. The average Bonchev–Trinajstić information content (AvgIpc) is 2.18. The molecule has 0 bridgehead atoms. The topological polar surface area (TPSA) is 35.2 Å². The predicted octanol–water partition coefficient (Wildman–Crippen LogP) is 2.18. The van der Waals surface area contributed by atoms with E-state index in [4.69, 9.17) is 10.5 Å². The fourth-order valence-electron chi connectivity index (χ4n) is 2.49. The molecule has 1 aliphatic rings. The monoisotopic (exact) mass is 185 g/mol. The zero-order valence-electron chi connectivity index (χ0n) is 9.01. The quantitative estimate of drug-likeness (QED) is 0.728. The van der Waals surface area contributed by atoms with Gasteiger partial charge in [-0.2, -0.15) is 0 Å². The van der Waals surface area contributed by atoms with Gasteiger partial charge in [-0.05, 0) is 37.1 Å². The van der Waals surface area contributed by atoms with Gasteiger partial charge < -0.3 is 10.5 Å². The van der Waals surface area contributed by atoms with Crippen LogP contribution in [-0.4, -0.2) is 19.8 Å². The fraction of sp³-hybridized carbons (Fsp3) is 1.00. The molecule has 0 saturated carbocycles. The van der Waals surface area contributed by atoms with E-state index < -0.39 is 0 Å². The minimum absolute atomic E-state index is 0.488. The normalized spacial score (nSPS) is 24.2. The second-order valence-corrected chi connectivity index (χ2v) is 4.32. The van der Waals surface area contributed by atoms with Gasteiger partial charge in [-0.1, -0.05) is 20.3 Å². The average molecular weight is 185 g/mol. The van der Waals surface area contributed by atoms with Gasteiger partial charge in [-0.3, -0.25) is 0 Å². The van der Waals surface area contributed by atoms with E-state index in [1.807, 2.05) is 0 Å². The Hall–Kier alpha value is -0.0800. The lowest BCUT2D eigenvalue weighted by Crippen LogP contribution is -2.37. The van der Waals surface area contributed by atoms with Gasteiger partial charge in [-0.15, -0.1) is 0 Å². The number of hydrogen-bond acceptors (Lipinski definition) is 2. The molecule has 1 aliphatic heterocycles. The van der Waals surface area contributed by atoms with Crippen LogP contribution in [0.25, 0.3) is 0 Å². The Morgan fingerprint density at radius 3 is 2.46 bits per heavy atom. The molecule has 0 aromatic carbocycles. The Bertz CT molecular complexity index is 136. The molecule has 0 aliphatic carbocycles. The smallest absolute Gasteiger partial charge is 0.0471 e. The molecule has 0 aromatic heterocycles. The van der Waals surface area contributed by atoms with Crippen molar-refractivity contribution in [3.63, 3.8) is 0 Å². The first-order valence-electron chi connectivity index (χ1n) is 5.53. The first-order chi connectivity index (χ1) is 6.25. The Balaban J connectivity index is 2.60. The summed E-state index contributed by atoms with van der Waals surface area (Å²) in [4.78, 5) is 0. The van der Waals surface area contributed by atoms with Gasteiger partial charge >= 0.3 is 0 Å². The van der Waals surface area contributed by atoms with Crippen molar-refractivity contribution in [1.29, 1.82) is 0 Å². The number of ether oxygens (including phenoxy) is 1. The van der Waals surface area contributed by atoms with Gasteiger partial charge in [0, 0.05) is 13.2 Å². The summed E-state index contributed by atoms with van der Waals surface area (Å²) in [5.74, 6) is 0.792. The van der Waals surface area contributed by atoms with Crippen LogP contribution in [0.15, 0.2) is 0 Å². The van der Waals surface area contributed by atoms with Gasteiger partial charge in [0.25, 0.3) is 0 Å². The predicted molar refractivity (Wildman–Crippen MR) is 55.6 cm³/mol. The second-order valence-electron chi connectivity index (χ2n) is 4.32. The third-order valence-corrected chi connectivity index (χ3v) is 3.79. The van der Waals surface area contributed by atoms with E-state index in [9.17, 15) is 0 Å². The maximum absolute atomic E-state index is 5.70. The summed E-state index contributed by atoms with van der Waals surface area (Å²) in [5.41, 5.74) is 6.18. The van der Waals surface area contributed by atoms with Gasteiger partial charge in [0.15, 0.2) is 0 Å². The van der Waals surface area contributed by atoms with E-state index >= 15 is 0 Å². The summed E-state index contributed by atoms with van der Waals surface area (Å²) in [5, 5.41) is 0. The highest BCUT2D eigenvalue weighted by molar-refractivity contribution is 4.86. The van der Waals surface area contributed by atoms with Gasteiger partial charge in [0.2, 0.25) is 0 Å². The van der Waals surface area contributed by atoms with E-state index in [1.165, 1.54) is 25.7 Å². The molecule has 2 nitrogen and oxygen atoms in total. The minimum atomic E-state index is 0.488. The number of nitrogens with two attached hydrogens (primary N) is 1. The van der Waals surface area contributed by atoms with Crippen molar-refractivity contribution in [2.24, 2.45) is 17.1 Å². The first-order valence-corrected chi connectivity index (χ1v) is 5.53. The van der Waals surface area contributed by atoms with Crippen molar-refractivity contribution in [1.82, 2.24) is 0 Å². The molecule has 13 heavy (non-hydrogen) atoms. The third kappa shape index (κ3) is 2.44. The second kappa shape index (κ2) is 4.97. The lowest BCUT2D eigenvalue weighted by molar-refractivity contribution is -0.0191. The van der Waals surface area contributed by atoms with Crippen molar-refractivity contribution in [2.45, 2.75) is 39.5 Å². The van der Waals surface area contributed by atoms with Crippen LogP contribution in [0.2, 0.25) is 0 Å². The van der Waals surface area contributed by atoms with Crippen molar-refractivity contribution in [2.75, 3.05) is 19.8 Å². The maximum Gasteiger partial charge on any atom is 0.0471 e. The highest BCUT2D eigenvalue weighted by atomic mass is 16.5. The molecule has 1 unspecified atom stereocenters. The first kappa shape index (κ1) is 11.0. The van der Waals surface area contributed by atoms with E-state index in [2.05, 4.69) is 13.8 Å². The Kier molecular flexibility index (Phi) is 4.20. The van der Waals surface area contributed by atoms with Crippen LogP contribution < -0.4 is 5.73 Å². The Labute approximate surface area is 81.8 Å². The van der Waals surface area contributed by atoms with Crippen LogP contribution in [0.3, 0.4) is 0 Å². The lowest BCUT2D eigenvalue weighted by Gasteiger charge is -2.42. The molecule has 2 N–H and O–H groups in total. The Morgan fingerprint density at radius 1 is 1.38 bits per heavy atom. The number of hydrogen-bond donors (Lipinski definition) is 1. The van der Waals surface area contributed by atoms with Crippen molar-refractivity contribution in [3.05, 3.63) is 0 Å². The van der Waals surface area contributed by atoms with Crippen molar-refractivity contribution < 1.29 is 4.74 Å². The van der Waals surface area contributed by atoms with Crippen LogP contribution >= 0.6 is 0 Å². The SMILES string of the molecule is CCC(C)C1(CCN)CCOCC1. The van der Waals surface area contributed by atoms with Crippen LogP contribution in [0.4, 0.5) is 0 Å². The van der Waals surface area contributed by atoms with Gasteiger partial charge in [0.1, 0.15) is 0 Å². The van der Waals surface area contributed by atoms with E-state index in [1.54, 1.807) is 0 Å². The molecule has 0 radical (unpaired) electrons. The summed E-state index contributed by atoms with van der Waals surface area (Å²) >= 11 is 0. The summed E-state index contributed by atoms with van der Waals surface area (Å²) in [6.07, 6.45) is 4.85. The summed E-state index contributed by atoms with van der Waals surface area (Å²) < 4.78 is 5.42. The van der Waals surface area contributed by atoms with E-state index in [-0.39, 0.29) is 0 Å². The van der Waals surface area contributed by atoms with Crippen molar-refractivity contribution in [3.8, 4) is 0 Å². The van der Waals surface area contributed by atoms with Crippen LogP contribution in [0, 0.1) is 11.3 Å². The van der Waals surface area contributed by atoms with Crippen LogP contribution in [0.5, 0.6) is 0 Å². The van der Waals surface area contributed by atoms with Gasteiger partial charge in [-0.25, -0.2) is 0 Å². The standard InChI is InChI=1S/C11H23NO/c1-3-10(2)11(4-7-12)5-8-13-9-6-11/h10H,3-9,12H2,1-2H3. The molecular formula is C11H23NO. The maximum atomic E-state index is 5.70. The minimum Gasteiger partial charge on any atom is -0.381 e. The molecule has 0 spiro atoms. The molecule has 1 fully saturated rings. The summed E-state index contributed by atoms with van der Waals surface area (Å²) in [7, 11) is 0. The molecule has 1 atom stereocenters. The zero-order chi connectivity index (χ0) is 9.73. The highest BCUT2D eigenvalue weighted by Crippen LogP contribution is 2.42. The molecule has 0 aromatic rings. The molecule has 1 heterocycles. The lowest BCUT2D eigenvalue weighted by atomic mass is 9.67. The number of rotatable bonds is 4. The zero-order valence-corrected chi connectivity index (χ0v) is 9.01. The molecule has 1 rings (SSSR count). The molecule has 1 saturated heterocycles. The van der Waals surface area contributed by atoms with Gasteiger partial charge in [0.05, 0.1) is 0 Å². The molecular weight excluding hydrogens is 162 g/mol. The fourth-order valence-corrected chi connectivity index (χ4v) is 2.49. The molecule has 78 valence electrons. The molecule has 0 amide bonds. The molecule has 2 heteroatoms.